The van der Waals surface area contributed by atoms with Crippen LogP contribution in [0.3, 0.4) is 0 Å². The molecule has 0 aliphatic rings. The zero-order valence-electron chi connectivity index (χ0n) is 12.3. The Bertz CT molecular complexity index is 419. The highest BCUT2D eigenvalue weighted by Gasteiger charge is 2.14. The zero-order chi connectivity index (χ0) is 14.4. The summed E-state index contributed by atoms with van der Waals surface area (Å²) >= 11 is 5.76. The number of rotatable bonds is 6. The number of nitrogens with one attached hydrogen (secondary N) is 1. The van der Waals surface area contributed by atoms with E-state index in [4.69, 9.17) is 11.6 Å². The second kappa shape index (κ2) is 7.54. The van der Waals surface area contributed by atoms with Crippen LogP contribution in [0.1, 0.15) is 46.8 Å². The minimum Gasteiger partial charge on any atom is -0.352 e. The predicted octanol–water partition coefficient (Wildman–Crippen LogP) is 4.00. The Balaban J connectivity index is 2.73. The first kappa shape index (κ1) is 16.0. The van der Waals surface area contributed by atoms with Crippen LogP contribution >= 0.6 is 11.6 Å². The maximum atomic E-state index is 12.3. The fraction of sp³-hybridized carbons (Fsp3) is 0.562. The van der Waals surface area contributed by atoms with Gasteiger partial charge < -0.3 is 5.32 Å². The molecule has 0 aliphatic carbocycles. The average molecular weight is 282 g/mol. The molecule has 0 bridgehead atoms. The van der Waals surface area contributed by atoms with E-state index in [0.29, 0.717) is 18.3 Å². The number of hydrogen-bond donors (Lipinski definition) is 1. The summed E-state index contributed by atoms with van der Waals surface area (Å²) in [4.78, 5) is 12.3. The van der Waals surface area contributed by atoms with Crippen LogP contribution in [0.25, 0.3) is 0 Å². The van der Waals surface area contributed by atoms with Crippen LogP contribution < -0.4 is 5.32 Å². The van der Waals surface area contributed by atoms with Gasteiger partial charge in [0.2, 0.25) is 0 Å². The van der Waals surface area contributed by atoms with Gasteiger partial charge in [-0.3, -0.25) is 4.79 Å². The molecular formula is C16H24ClNO. The summed E-state index contributed by atoms with van der Waals surface area (Å²) in [5.41, 5.74) is 4.09. The first-order valence-corrected chi connectivity index (χ1v) is 7.45. The molecule has 0 fully saturated rings. The summed E-state index contributed by atoms with van der Waals surface area (Å²) < 4.78 is 0. The third-order valence-corrected chi connectivity index (χ3v) is 3.77. The highest BCUT2D eigenvalue weighted by atomic mass is 35.5. The lowest BCUT2D eigenvalue weighted by Gasteiger charge is -2.16. The second-order valence-electron chi connectivity index (χ2n) is 5.24. The maximum absolute atomic E-state index is 12.3. The molecule has 1 unspecified atom stereocenters. The van der Waals surface area contributed by atoms with Crippen molar-refractivity contribution >= 4 is 17.5 Å². The fourth-order valence-corrected chi connectivity index (χ4v) is 2.78. The van der Waals surface area contributed by atoms with Gasteiger partial charge in [0.05, 0.1) is 0 Å². The molecule has 0 saturated carbocycles. The zero-order valence-corrected chi connectivity index (χ0v) is 13.1. The van der Waals surface area contributed by atoms with Crippen LogP contribution in [0.4, 0.5) is 0 Å². The normalized spacial score (nSPS) is 12.3. The molecule has 0 radical (unpaired) electrons. The number of carbonyl (C=O) groups is 1. The van der Waals surface area contributed by atoms with Gasteiger partial charge in [-0.25, -0.2) is 0 Å². The van der Waals surface area contributed by atoms with E-state index in [9.17, 15) is 4.79 Å². The highest BCUT2D eigenvalue weighted by molar-refractivity contribution is 6.17. The van der Waals surface area contributed by atoms with E-state index in [2.05, 4.69) is 31.3 Å². The van der Waals surface area contributed by atoms with Gasteiger partial charge in [-0.05, 0) is 44.2 Å². The standard InChI is InChI=1S/C16H24ClNO/c1-5-14(6-7-17)10-18-16(19)15-12(3)8-11(2)9-13(15)4/h8-9,14H,5-7,10H2,1-4H3,(H,18,19). The number of carbonyl (C=O) groups excluding carboxylic acids is 1. The first-order valence-electron chi connectivity index (χ1n) is 6.91. The molecule has 0 aliphatic heterocycles. The third kappa shape index (κ3) is 4.54. The summed E-state index contributed by atoms with van der Waals surface area (Å²) in [7, 11) is 0. The molecule has 1 rings (SSSR count). The third-order valence-electron chi connectivity index (χ3n) is 3.55. The average Bonchev–Trinajstić information content (AvgIpc) is 2.33. The van der Waals surface area contributed by atoms with Gasteiger partial charge in [0.15, 0.2) is 0 Å². The Labute approximate surface area is 121 Å². The lowest BCUT2D eigenvalue weighted by Crippen LogP contribution is -2.30. The van der Waals surface area contributed by atoms with Crippen molar-refractivity contribution in [1.29, 1.82) is 0 Å². The van der Waals surface area contributed by atoms with Crippen molar-refractivity contribution < 1.29 is 4.79 Å². The Morgan fingerprint density at radius 2 is 1.84 bits per heavy atom. The second-order valence-corrected chi connectivity index (χ2v) is 5.61. The predicted molar refractivity (Wildman–Crippen MR) is 82.1 cm³/mol. The van der Waals surface area contributed by atoms with Crippen molar-refractivity contribution in [2.75, 3.05) is 12.4 Å². The van der Waals surface area contributed by atoms with Crippen LogP contribution in [0, 0.1) is 26.7 Å². The van der Waals surface area contributed by atoms with Crippen molar-refractivity contribution in [3.05, 3.63) is 34.4 Å². The van der Waals surface area contributed by atoms with Crippen LogP contribution in [0.2, 0.25) is 0 Å². The van der Waals surface area contributed by atoms with Crippen molar-refractivity contribution in [1.82, 2.24) is 5.32 Å². The lowest BCUT2D eigenvalue weighted by molar-refractivity contribution is 0.0945. The van der Waals surface area contributed by atoms with E-state index < -0.39 is 0 Å². The molecule has 106 valence electrons. The van der Waals surface area contributed by atoms with E-state index in [1.807, 2.05) is 13.8 Å². The van der Waals surface area contributed by atoms with Gasteiger partial charge in [-0.2, -0.15) is 0 Å². The van der Waals surface area contributed by atoms with Gasteiger partial charge >= 0.3 is 0 Å². The SMILES string of the molecule is CCC(CCCl)CNC(=O)c1c(C)cc(C)cc1C. The molecular weight excluding hydrogens is 258 g/mol. The summed E-state index contributed by atoms with van der Waals surface area (Å²) in [5, 5.41) is 3.04. The van der Waals surface area contributed by atoms with Crippen molar-refractivity contribution in [2.24, 2.45) is 5.92 Å². The largest absolute Gasteiger partial charge is 0.352 e. The molecule has 1 aromatic rings. The summed E-state index contributed by atoms with van der Waals surface area (Å²) in [5.74, 6) is 1.15. The smallest absolute Gasteiger partial charge is 0.251 e. The minimum absolute atomic E-state index is 0.0306. The van der Waals surface area contributed by atoms with Gasteiger partial charge in [0.25, 0.3) is 5.91 Å². The Kier molecular flexibility index (Phi) is 6.36. The summed E-state index contributed by atoms with van der Waals surface area (Å²) in [6, 6.07) is 4.11. The Morgan fingerprint density at radius 3 is 2.32 bits per heavy atom. The number of hydrogen-bond acceptors (Lipinski definition) is 1. The van der Waals surface area contributed by atoms with Crippen LogP contribution in [-0.2, 0) is 0 Å². The van der Waals surface area contributed by atoms with E-state index >= 15 is 0 Å². The van der Waals surface area contributed by atoms with Crippen molar-refractivity contribution in [3.8, 4) is 0 Å². The summed E-state index contributed by atoms with van der Waals surface area (Å²) in [6.07, 6.45) is 1.99. The first-order chi connectivity index (χ1) is 8.99. The van der Waals surface area contributed by atoms with Gasteiger partial charge in [0, 0.05) is 18.0 Å². The molecule has 0 saturated heterocycles. The van der Waals surface area contributed by atoms with Gasteiger partial charge in [-0.15, -0.1) is 11.6 Å². The van der Waals surface area contributed by atoms with Crippen LogP contribution in [-0.4, -0.2) is 18.3 Å². The molecule has 2 nitrogen and oxygen atoms in total. The minimum atomic E-state index is 0.0306. The molecule has 0 spiro atoms. The van der Waals surface area contributed by atoms with Gasteiger partial charge in [0.1, 0.15) is 0 Å². The van der Waals surface area contributed by atoms with E-state index in [1.54, 1.807) is 0 Å². The number of aryl methyl sites for hydroxylation is 3. The quantitative estimate of drug-likeness (QED) is 0.785. The maximum Gasteiger partial charge on any atom is 0.251 e. The topological polar surface area (TPSA) is 29.1 Å². The molecule has 0 heterocycles. The molecule has 0 aromatic heterocycles. The van der Waals surface area contributed by atoms with Crippen LogP contribution in [0.5, 0.6) is 0 Å². The molecule has 3 heteroatoms. The number of amides is 1. The number of halogens is 1. The van der Waals surface area contributed by atoms with E-state index in [0.717, 1.165) is 29.5 Å². The number of alkyl halides is 1. The molecule has 1 aromatic carbocycles. The van der Waals surface area contributed by atoms with Crippen LogP contribution in [0.15, 0.2) is 12.1 Å². The monoisotopic (exact) mass is 281 g/mol. The van der Waals surface area contributed by atoms with E-state index in [-0.39, 0.29) is 5.91 Å². The highest BCUT2D eigenvalue weighted by Crippen LogP contribution is 2.16. The Hall–Kier alpha value is -1.02. The molecule has 19 heavy (non-hydrogen) atoms. The lowest BCUT2D eigenvalue weighted by atomic mass is 9.98. The van der Waals surface area contributed by atoms with Crippen molar-refractivity contribution in [3.63, 3.8) is 0 Å². The van der Waals surface area contributed by atoms with Crippen molar-refractivity contribution in [2.45, 2.75) is 40.5 Å². The fourth-order valence-electron chi connectivity index (χ4n) is 2.47. The molecule has 1 atom stereocenters. The molecule has 1 amide bonds. The summed E-state index contributed by atoms with van der Waals surface area (Å²) in [6.45, 7) is 8.87. The Morgan fingerprint density at radius 1 is 1.26 bits per heavy atom. The number of benzene rings is 1. The molecule has 1 N–H and O–H groups in total. The van der Waals surface area contributed by atoms with E-state index in [1.165, 1.54) is 5.56 Å². The van der Waals surface area contributed by atoms with Gasteiger partial charge in [-0.1, -0.05) is 31.0 Å².